The molecule has 0 fully saturated rings. The van der Waals surface area contributed by atoms with Crippen LogP contribution in [-0.2, 0) is 0 Å². The van der Waals surface area contributed by atoms with Gasteiger partial charge in [-0.3, -0.25) is 0 Å². The Labute approximate surface area is 84.3 Å². The molecule has 2 rings (SSSR count). The number of rotatable bonds is 1. The van der Waals surface area contributed by atoms with Crippen molar-refractivity contribution in [2.45, 2.75) is 0 Å². The van der Waals surface area contributed by atoms with Gasteiger partial charge in [0.25, 0.3) is 0 Å². The molecule has 1 aromatic carbocycles. The molecule has 0 aliphatic heterocycles. The monoisotopic (exact) mass is 208 g/mol. The van der Waals surface area contributed by atoms with Crippen molar-refractivity contribution < 1.29 is 10.2 Å². The van der Waals surface area contributed by atoms with Gasteiger partial charge in [0, 0.05) is 17.0 Å². The van der Waals surface area contributed by atoms with Crippen molar-refractivity contribution in [1.82, 2.24) is 4.98 Å². The smallest absolute Gasteiger partial charge is 0.180 e. The van der Waals surface area contributed by atoms with E-state index in [1.165, 1.54) is 23.5 Å². The molecule has 0 spiro atoms. The second-order valence-electron chi connectivity index (χ2n) is 2.77. The van der Waals surface area contributed by atoms with Crippen LogP contribution in [-0.4, -0.2) is 15.2 Å². The molecule has 0 atom stereocenters. The van der Waals surface area contributed by atoms with Crippen LogP contribution in [0.2, 0.25) is 0 Å². The van der Waals surface area contributed by atoms with E-state index in [1.807, 2.05) is 0 Å². The second kappa shape index (κ2) is 3.19. The third kappa shape index (κ3) is 1.49. The van der Waals surface area contributed by atoms with Gasteiger partial charge in [-0.05, 0) is 12.1 Å². The third-order valence-electron chi connectivity index (χ3n) is 1.78. The molecular weight excluding hydrogens is 200 g/mol. The normalized spacial score (nSPS) is 10.3. The number of nitrogen functional groups attached to an aromatic ring is 1. The molecule has 0 amide bonds. The van der Waals surface area contributed by atoms with Crippen LogP contribution < -0.4 is 5.73 Å². The number of nitrogens with zero attached hydrogens (tertiary/aromatic N) is 1. The van der Waals surface area contributed by atoms with Gasteiger partial charge in [0.1, 0.15) is 11.5 Å². The van der Waals surface area contributed by atoms with Crippen LogP contribution in [0.3, 0.4) is 0 Å². The lowest BCUT2D eigenvalue weighted by Gasteiger charge is -2.00. The molecule has 0 bridgehead atoms. The number of anilines is 1. The van der Waals surface area contributed by atoms with Crippen LogP contribution >= 0.6 is 11.3 Å². The standard InChI is InChI=1S/C9H8N2O2S/c10-9-11-7(4-14-9)6-2-1-5(12)3-8(6)13/h1-4,12-13H,(H2,10,11). The Balaban J connectivity index is 2.52. The Morgan fingerprint density at radius 2 is 2.07 bits per heavy atom. The fourth-order valence-corrected chi connectivity index (χ4v) is 1.71. The van der Waals surface area contributed by atoms with Crippen LogP contribution in [0.25, 0.3) is 11.3 Å². The first kappa shape index (κ1) is 8.83. The number of aromatic nitrogens is 1. The first-order valence-electron chi connectivity index (χ1n) is 3.90. The van der Waals surface area contributed by atoms with Crippen LogP contribution in [0.1, 0.15) is 0 Å². The van der Waals surface area contributed by atoms with E-state index < -0.39 is 0 Å². The minimum absolute atomic E-state index is 0.00435. The first-order chi connectivity index (χ1) is 6.66. The predicted molar refractivity (Wildman–Crippen MR) is 55.3 cm³/mol. The summed E-state index contributed by atoms with van der Waals surface area (Å²) in [5, 5.41) is 20.8. The summed E-state index contributed by atoms with van der Waals surface area (Å²) < 4.78 is 0. The van der Waals surface area contributed by atoms with Crippen molar-refractivity contribution >= 4 is 16.5 Å². The van der Waals surface area contributed by atoms with E-state index in [1.54, 1.807) is 11.4 Å². The van der Waals surface area contributed by atoms with E-state index in [2.05, 4.69) is 4.98 Å². The van der Waals surface area contributed by atoms with Crippen LogP contribution in [0.5, 0.6) is 11.5 Å². The Hall–Kier alpha value is -1.75. The lowest BCUT2D eigenvalue weighted by molar-refractivity contribution is 0.452. The van der Waals surface area contributed by atoms with E-state index in [0.29, 0.717) is 16.4 Å². The zero-order chi connectivity index (χ0) is 10.1. The Kier molecular flexibility index (Phi) is 2.01. The Morgan fingerprint density at radius 1 is 1.29 bits per heavy atom. The van der Waals surface area contributed by atoms with Gasteiger partial charge in [0.2, 0.25) is 0 Å². The summed E-state index contributed by atoms with van der Waals surface area (Å²) in [6.07, 6.45) is 0. The van der Waals surface area contributed by atoms with Crippen molar-refractivity contribution in [2.24, 2.45) is 0 Å². The maximum atomic E-state index is 9.52. The first-order valence-corrected chi connectivity index (χ1v) is 4.78. The molecule has 4 nitrogen and oxygen atoms in total. The Morgan fingerprint density at radius 3 is 2.64 bits per heavy atom. The molecule has 2 aromatic rings. The summed E-state index contributed by atoms with van der Waals surface area (Å²) in [7, 11) is 0. The SMILES string of the molecule is Nc1nc(-c2ccc(O)cc2O)cs1. The van der Waals surface area contributed by atoms with Crippen molar-refractivity contribution in [3.63, 3.8) is 0 Å². The van der Waals surface area contributed by atoms with E-state index in [0.717, 1.165) is 0 Å². The average Bonchev–Trinajstić information content (AvgIpc) is 2.51. The number of thiazole rings is 1. The number of hydrogen-bond donors (Lipinski definition) is 3. The van der Waals surface area contributed by atoms with Gasteiger partial charge in [-0.15, -0.1) is 11.3 Å². The summed E-state index contributed by atoms with van der Waals surface area (Å²) in [4.78, 5) is 4.03. The Bertz CT molecular complexity index is 468. The number of aromatic hydroxyl groups is 2. The zero-order valence-electron chi connectivity index (χ0n) is 7.14. The molecule has 72 valence electrons. The molecular formula is C9H8N2O2S. The van der Waals surface area contributed by atoms with Gasteiger partial charge in [0.05, 0.1) is 5.69 Å². The van der Waals surface area contributed by atoms with E-state index in [4.69, 9.17) is 10.8 Å². The molecule has 0 saturated heterocycles. The lowest BCUT2D eigenvalue weighted by atomic mass is 10.1. The fourth-order valence-electron chi connectivity index (χ4n) is 1.15. The van der Waals surface area contributed by atoms with Crippen molar-refractivity contribution in [3.05, 3.63) is 23.6 Å². The van der Waals surface area contributed by atoms with E-state index in [9.17, 15) is 5.11 Å². The highest BCUT2D eigenvalue weighted by Gasteiger charge is 2.07. The number of hydrogen-bond acceptors (Lipinski definition) is 5. The molecule has 0 aliphatic rings. The summed E-state index contributed by atoms with van der Waals surface area (Å²) in [6, 6.07) is 4.36. The molecule has 0 radical (unpaired) electrons. The van der Waals surface area contributed by atoms with Crippen molar-refractivity contribution in [2.75, 3.05) is 5.73 Å². The van der Waals surface area contributed by atoms with Gasteiger partial charge in [-0.25, -0.2) is 4.98 Å². The molecule has 0 saturated carbocycles. The van der Waals surface area contributed by atoms with Gasteiger partial charge >= 0.3 is 0 Å². The molecule has 1 aromatic heterocycles. The van der Waals surface area contributed by atoms with Crippen LogP contribution in [0.15, 0.2) is 23.6 Å². The van der Waals surface area contributed by atoms with Crippen LogP contribution in [0.4, 0.5) is 5.13 Å². The second-order valence-corrected chi connectivity index (χ2v) is 3.66. The minimum Gasteiger partial charge on any atom is -0.508 e. The molecule has 0 aliphatic carbocycles. The minimum atomic E-state index is -0.00435. The lowest BCUT2D eigenvalue weighted by Crippen LogP contribution is -1.83. The fraction of sp³-hybridized carbons (Fsp3) is 0. The van der Waals surface area contributed by atoms with Gasteiger partial charge in [0.15, 0.2) is 5.13 Å². The summed E-state index contributed by atoms with van der Waals surface area (Å²) >= 11 is 1.31. The molecule has 5 heteroatoms. The number of benzene rings is 1. The number of phenolic OH excluding ortho intramolecular Hbond substituents is 2. The number of phenols is 2. The summed E-state index contributed by atoms with van der Waals surface area (Å²) in [5.74, 6) is 0.0183. The molecule has 1 heterocycles. The van der Waals surface area contributed by atoms with Gasteiger partial charge < -0.3 is 15.9 Å². The summed E-state index contributed by atoms with van der Waals surface area (Å²) in [6.45, 7) is 0. The van der Waals surface area contributed by atoms with Gasteiger partial charge in [-0.1, -0.05) is 0 Å². The highest BCUT2D eigenvalue weighted by Crippen LogP contribution is 2.32. The third-order valence-corrected chi connectivity index (χ3v) is 2.45. The number of nitrogens with two attached hydrogens (primary N) is 1. The largest absolute Gasteiger partial charge is 0.508 e. The van der Waals surface area contributed by atoms with Gasteiger partial charge in [-0.2, -0.15) is 0 Å². The zero-order valence-corrected chi connectivity index (χ0v) is 7.95. The molecule has 4 N–H and O–H groups in total. The predicted octanol–water partition coefficient (Wildman–Crippen LogP) is 1.80. The maximum Gasteiger partial charge on any atom is 0.180 e. The van der Waals surface area contributed by atoms with E-state index >= 15 is 0 Å². The van der Waals surface area contributed by atoms with Crippen LogP contribution in [0, 0.1) is 0 Å². The van der Waals surface area contributed by atoms with Crippen molar-refractivity contribution in [1.29, 1.82) is 0 Å². The topological polar surface area (TPSA) is 79.4 Å². The molecule has 14 heavy (non-hydrogen) atoms. The average molecular weight is 208 g/mol. The highest BCUT2D eigenvalue weighted by molar-refractivity contribution is 7.13. The van der Waals surface area contributed by atoms with Crippen molar-refractivity contribution in [3.8, 4) is 22.8 Å². The maximum absolute atomic E-state index is 9.52. The highest BCUT2D eigenvalue weighted by atomic mass is 32.1. The quantitative estimate of drug-likeness (QED) is 0.667. The molecule has 0 unspecified atom stereocenters. The summed E-state index contributed by atoms with van der Waals surface area (Å²) in [5.41, 5.74) is 6.65. The van der Waals surface area contributed by atoms with E-state index in [-0.39, 0.29) is 11.5 Å².